The van der Waals surface area contributed by atoms with Crippen molar-refractivity contribution in [1.29, 1.82) is 0 Å². The average molecular weight is 206 g/mol. The Bertz CT molecular complexity index is 542. The van der Waals surface area contributed by atoms with Crippen molar-refractivity contribution in [3.05, 3.63) is 34.7 Å². The molecule has 0 unspecified atom stereocenters. The first-order valence-electron chi connectivity index (χ1n) is 4.61. The molecule has 2 rings (SSSR count). The third-order valence-electron chi connectivity index (χ3n) is 2.01. The Labute approximate surface area is 85.7 Å². The van der Waals surface area contributed by atoms with Gasteiger partial charge >= 0.3 is 5.63 Å². The Hall–Kier alpha value is -1.97. The number of hydrogen-bond acceptors (Lipinski definition) is 4. The number of fused-ring (bicyclic) bond motifs is 1. The topological polar surface area (TPSA) is 59.7 Å². The summed E-state index contributed by atoms with van der Waals surface area (Å²) in [6, 6.07) is 6.13. The fraction of sp³-hybridized carbons (Fsp3) is 0.182. The minimum atomic E-state index is -0.464. The predicted octanol–water partition coefficient (Wildman–Crippen LogP) is 1.90. The molecule has 0 spiro atoms. The van der Waals surface area contributed by atoms with Gasteiger partial charge in [-0.1, -0.05) is 0 Å². The van der Waals surface area contributed by atoms with Crippen molar-refractivity contribution in [1.82, 2.24) is 0 Å². The predicted molar refractivity (Wildman–Crippen MR) is 55.3 cm³/mol. The fourth-order valence-corrected chi connectivity index (χ4v) is 1.38. The van der Waals surface area contributed by atoms with Gasteiger partial charge in [-0.2, -0.15) is 0 Å². The molecule has 0 aliphatic heterocycles. The van der Waals surface area contributed by atoms with E-state index in [2.05, 4.69) is 0 Å². The van der Waals surface area contributed by atoms with Crippen molar-refractivity contribution in [2.24, 2.45) is 0 Å². The lowest BCUT2D eigenvalue weighted by atomic mass is 10.2. The maximum Gasteiger partial charge on any atom is 0.336 e. The van der Waals surface area contributed by atoms with Crippen LogP contribution in [-0.2, 0) is 0 Å². The van der Waals surface area contributed by atoms with Gasteiger partial charge in [-0.15, -0.1) is 0 Å². The van der Waals surface area contributed by atoms with Gasteiger partial charge in [0.05, 0.1) is 6.61 Å². The van der Waals surface area contributed by atoms with Crippen LogP contribution in [0.1, 0.15) is 6.92 Å². The molecular weight excluding hydrogens is 196 g/mol. The lowest BCUT2D eigenvalue weighted by Crippen LogP contribution is -1.98. The van der Waals surface area contributed by atoms with Gasteiger partial charge in [0, 0.05) is 11.5 Å². The van der Waals surface area contributed by atoms with Crippen LogP contribution in [0.25, 0.3) is 11.0 Å². The lowest BCUT2D eigenvalue weighted by Gasteiger charge is -2.07. The van der Waals surface area contributed by atoms with Crippen LogP contribution in [0.15, 0.2) is 33.5 Å². The van der Waals surface area contributed by atoms with E-state index in [0.717, 1.165) is 5.39 Å². The van der Waals surface area contributed by atoms with E-state index in [1.807, 2.05) is 0 Å². The normalized spacial score (nSPS) is 10.5. The number of rotatable bonds is 2. The molecular formula is C11H10O4. The first kappa shape index (κ1) is 9.58. The summed E-state index contributed by atoms with van der Waals surface area (Å²) in [5, 5.41) is 10.3. The van der Waals surface area contributed by atoms with Crippen LogP contribution in [0.5, 0.6) is 11.5 Å². The van der Waals surface area contributed by atoms with Crippen LogP contribution in [0.2, 0.25) is 0 Å². The van der Waals surface area contributed by atoms with E-state index < -0.39 is 5.63 Å². The number of aromatic hydroxyl groups is 1. The molecule has 15 heavy (non-hydrogen) atoms. The highest BCUT2D eigenvalue weighted by Gasteiger charge is 2.10. The van der Waals surface area contributed by atoms with E-state index in [-0.39, 0.29) is 17.1 Å². The molecule has 2 aromatic rings. The van der Waals surface area contributed by atoms with E-state index >= 15 is 0 Å². The van der Waals surface area contributed by atoms with Gasteiger partial charge in [0.25, 0.3) is 0 Å². The minimum Gasteiger partial charge on any atom is -0.504 e. The summed E-state index contributed by atoms with van der Waals surface area (Å²) in [5.74, 6) is 0.186. The van der Waals surface area contributed by atoms with Gasteiger partial charge in [0.2, 0.25) is 5.75 Å². The zero-order chi connectivity index (χ0) is 10.8. The molecule has 0 radical (unpaired) electrons. The second-order valence-corrected chi connectivity index (χ2v) is 3.02. The maximum atomic E-state index is 11.0. The summed E-state index contributed by atoms with van der Waals surface area (Å²) in [4.78, 5) is 11.0. The average Bonchev–Trinajstić information content (AvgIpc) is 2.23. The third-order valence-corrected chi connectivity index (χ3v) is 2.01. The Morgan fingerprint density at radius 3 is 2.80 bits per heavy atom. The number of phenols is 1. The summed E-state index contributed by atoms with van der Waals surface area (Å²) in [5.41, 5.74) is -0.182. The number of benzene rings is 1. The van der Waals surface area contributed by atoms with Crippen molar-refractivity contribution in [2.75, 3.05) is 6.61 Å². The first-order valence-corrected chi connectivity index (χ1v) is 4.61. The Kier molecular flexibility index (Phi) is 2.33. The molecule has 0 bridgehead atoms. The van der Waals surface area contributed by atoms with Crippen molar-refractivity contribution < 1.29 is 14.3 Å². The van der Waals surface area contributed by atoms with Gasteiger partial charge in [0.15, 0.2) is 11.3 Å². The van der Waals surface area contributed by atoms with Crippen molar-refractivity contribution in [2.45, 2.75) is 6.92 Å². The van der Waals surface area contributed by atoms with E-state index in [9.17, 15) is 9.90 Å². The Balaban J connectivity index is 2.78. The molecule has 0 aliphatic carbocycles. The summed E-state index contributed by atoms with van der Waals surface area (Å²) < 4.78 is 10.2. The second-order valence-electron chi connectivity index (χ2n) is 3.02. The molecule has 0 amide bonds. The van der Waals surface area contributed by atoms with Crippen molar-refractivity contribution in [3.63, 3.8) is 0 Å². The van der Waals surface area contributed by atoms with E-state index in [0.29, 0.717) is 6.61 Å². The molecule has 0 saturated carbocycles. The standard InChI is InChI=1S/C11H10O4/c1-2-14-11-8(12)5-3-7-4-6-9(13)15-10(7)11/h3-6,12H,2H2,1H3. The van der Waals surface area contributed by atoms with Crippen molar-refractivity contribution >= 4 is 11.0 Å². The van der Waals surface area contributed by atoms with Crippen LogP contribution >= 0.6 is 0 Å². The largest absolute Gasteiger partial charge is 0.504 e. The smallest absolute Gasteiger partial charge is 0.336 e. The van der Waals surface area contributed by atoms with Crippen molar-refractivity contribution in [3.8, 4) is 11.5 Å². The molecule has 1 aromatic carbocycles. The fourth-order valence-electron chi connectivity index (χ4n) is 1.38. The molecule has 4 nitrogen and oxygen atoms in total. The third kappa shape index (κ3) is 1.66. The minimum absolute atomic E-state index is 0.0290. The van der Waals surface area contributed by atoms with E-state index in [4.69, 9.17) is 9.15 Å². The molecule has 0 saturated heterocycles. The molecule has 78 valence electrons. The number of ether oxygens (including phenoxy) is 1. The summed E-state index contributed by atoms with van der Waals surface area (Å²) in [7, 11) is 0. The van der Waals surface area contributed by atoms with E-state index in [1.165, 1.54) is 12.1 Å². The molecule has 1 aromatic heterocycles. The Morgan fingerprint density at radius 1 is 1.33 bits per heavy atom. The van der Waals surface area contributed by atoms with Gasteiger partial charge < -0.3 is 14.3 Å². The maximum absolute atomic E-state index is 11.0. The van der Waals surface area contributed by atoms with Gasteiger partial charge in [-0.3, -0.25) is 0 Å². The molecule has 1 N–H and O–H groups in total. The van der Waals surface area contributed by atoms with Gasteiger partial charge in [-0.05, 0) is 25.1 Å². The molecule has 0 atom stereocenters. The van der Waals surface area contributed by atoms with Crippen LogP contribution < -0.4 is 10.4 Å². The molecule has 1 heterocycles. The number of hydrogen-bond donors (Lipinski definition) is 1. The summed E-state index contributed by atoms with van der Waals surface area (Å²) >= 11 is 0. The number of phenolic OH excluding ortho intramolecular Hbond substituents is 1. The lowest BCUT2D eigenvalue weighted by molar-refractivity contribution is 0.315. The first-order chi connectivity index (χ1) is 7.22. The van der Waals surface area contributed by atoms with Crippen LogP contribution in [0, 0.1) is 0 Å². The van der Waals surface area contributed by atoms with Crippen LogP contribution in [0.3, 0.4) is 0 Å². The zero-order valence-electron chi connectivity index (χ0n) is 8.19. The summed E-state index contributed by atoms with van der Waals surface area (Å²) in [6.07, 6.45) is 0. The highest BCUT2D eigenvalue weighted by Crippen LogP contribution is 2.33. The SMILES string of the molecule is CCOc1c(O)ccc2ccc(=O)oc12. The summed E-state index contributed by atoms with van der Waals surface area (Å²) in [6.45, 7) is 2.19. The zero-order valence-corrected chi connectivity index (χ0v) is 8.19. The van der Waals surface area contributed by atoms with Gasteiger partial charge in [0.1, 0.15) is 0 Å². The van der Waals surface area contributed by atoms with Crippen LogP contribution in [-0.4, -0.2) is 11.7 Å². The Morgan fingerprint density at radius 2 is 2.07 bits per heavy atom. The van der Waals surface area contributed by atoms with E-state index in [1.54, 1.807) is 19.1 Å². The quantitative estimate of drug-likeness (QED) is 0.762. The highest BCUT2D eigenvalue weighted by molar-refractivity contribution is 5.84. The van der Waals surface area contributed by atoms with Crippen LogP contribution in [0.4, 0.5) is 0 Å². The molecule has 0 aliphatic rings. The molecule has 0 fully saturated rings. The van der Waals surface area contributed by atoms with Gasteiger partial charge in [-0.25, -0.2) is 4.79 Å². The molecule has 4 heteroatoms. The monoisotopic (exact) mass is 206 g/mol. The second kappa shape index (κ2) is 3.65. The highest BCUT2D eigenvalue weighted by atomic mass is 16.5.